The first-order chi connectivity index (χ1) is 15.8. The Morgan fingerprint density at radius 2 is 0.969 bits per heavy atom. The fourth-order valence-electron chi connectivity index (χ4n) is 4.38. The number of furan rings is 2. The Morgan fingerprint density at radius 3 is 1.50 bits per heavy atom. The van der Waals surface area contributed by atoms with Crippen molar-refractivity contribution in [3.63, 3.8) is 0 Å². The Morgan fingerprint density at radius 1 is 0.469 bits per heavy atom. The van der Waals surface area contributed by atoms with Crippen LogP contribution in [0, 0.1) is 0 Å². The summed E-state index contributed by atoms with van der Waals surface area (Å²) in [6.07, 6.45) is 3.59. The third-order valence-corrected chi connectivity index (χ3v) is 5.95. The van der Waals surface area contributed by atoms with Gasteiger partial charge < -0.3 is 8.83 Å². The summed E-state index contributed by atoms with van der Waals surface area (Å²) in [4.78, 5) is 9.03. The van der Waals surface area contributed by atoms with E-state index in [1.54, 1.807) is 12.4 Å². The number of hydrogen-bond donors (Lipinski definition) is 0. The van der Waals surface area contributed by atoms with E-state index in [0.717, 1.165) is 66.4 Å². The fourth-order valence-corrected chi connectivity index (χ4v) is 4.38. The van der Waals surface area contributed by atoms with Gasteiger partial charge in [0.05, 0.1) is 0 Å². The summed E-state index contributed by atoms with van der Waals surface area (Å²) in [5.74, 6) is 1.62. The molecule has 0 spiro atoms. The van der Waals surface area contributed by atoms with E-state index in [1.807, 2.05) is 30.3 Å². The maximum absolute atomic E-state index is 6.27. The molecule has 7 rings (SSSR count). The minimum Gasteiger partial charge on any atom is -0.454 e. The van der Waals surface area contributed by atoms with Gasteiger partial charge >= 0.3 is 0 Å². The predicted octanol–water partition coefficient (Wildman–Crippen LogP) is 7.61. The summed E-state index contributed by atoms with van der Waals surface area (Å²) < 4.78 is 12.5. The van der Waals surface area contributed by atoms with Gasteiger partial charge in [0.25, 0.3) is 0 Å². The zero-order valence-electron chi connectivity index (χ0n) is 16.9. The smallest absolute Gasteiger partial charge is 0.161 e. The summed E-state index contributed by atoms with van der Waals surface area (Å²) in [6, 6.07) is 28.6. The standard InChI is InChI=1S/C28H16N2O2/c1-4-19(23-15-21-10-8-17-6-2-12-29-25(17)27(21)31-23)14-20(5-1)24-16-22-11-9-18-7-3-13-30-26(18)28(22)32-24/h1-16H. The predicted molar refractivity (Wildman–Crippen MR) is 127 cm³/mol. The molecule has 4 nitrogen and oxygen atoms in total. The monoisotopic (exact) mass is 412 g/mol. The Hall–Kier alpha value is -4.44. The van der Waals surface area contributed by atoms with E-state index in [2.05, 4.69) is 64.6 Å². The molecule has 3 aromatic carbocycles. The molecule has 0 aliphatic carbocycles. The topological polar surface area (TPSA) is 52.1 Å². The van der Waals surface area contributed by atoms with E-state index >= 15 is 0 Å². The molecule has 0 amide bonds. The zero-order chi connectivity index (χ0) is 21.1. The van der Waals surface area contributed by atoms with Crippen LogP contribution in [-0.4, -0.2) is 9.97 Å². The van der Waals surface area contributed by atoms with Crippen molar-refractivity contribution in [1.82, 2.24) is 9.97 Å². The number of pyridine rings is 2. The van der Waals surface area contributed by atoms with Crippen LogP contribution in [0.3, 0.4) is 0 Å². The zero-order valence-corrected chi connectivity index (χ0v) is 16.9. The first kappa shape index (κ1) is 17.3. The van der Waals surface area contributed by atoms with E-state index in [4.69, 9.17) is 8.83 Å². The van der Waals surface area contributed by atoms with Crippen LogP contribution in [-0.2, 0) is 0 Å². The van der Waals surface area contributed by atoms with Crippen LogP contribution in [0.2, 0.25) is 0 Å². The molecule has 7 aromatic rings. The van der Waals surface area contributed by atoms with Crippen molar-refractivity contribution in [3.05, 3.63) is 97.3 Å². The van der Waals surface area contributed by atoms with Crippen LogP contribution in [0.1, 0.15) is 0 Å². The molecular formula is C28H16N2O2. The molecule has 0 fully saturated rings. The summed E-state index contributed by atoms with van der Waals surface area (Å²) in [5, 5.41) is 4.21. The van der Waals surface area contributed by atoms with Crippen LogP contribution in [0.5, 0.6) is 0 Å². The van der Waals surface area contributed by atoms with Gasteiger partial charge in [-0.15, -0.1) is 0 Å². The van der Waals surface area contributed by atoms with Crippen LogP contribution < -0.4 is 0 Å². The lowest BCUT2D eigenvalue weighted by Gasteiger charge is -2.01. The molecule has 0 aliphatic heterocycles. The molecular weight excluding hydrogens is 396 g/mol. The number of fused-ring (bicyclic) bond motifs is 6. The molecule has 0 N–H and O–H groups in total. The molecule has 0 radical (unpaired) electrons. The van der Waals surface area contributed by atoms with Gasteiger partial charge in [-0.2, -0.15) is 0 Å². The van der Waals surface area contributed by atoms with E-state index in [1.165, 1.54) is 0 Å². The Labute approximate surface area is 182 Å². The van der Waals surface area contributed by atoms with Crippen molar-refractivity contribution < 1.29 is 8.83 Å². The van der Waals surface area contributed by atoms with Gasteiger partial charge in [-0.1, -0.05) is 54.6 Å². The maximum Gasteiger partial charge on any atom is 0.161 e. The lowest BCUT2D eigenvalue weighted by atomic mass is 10.1. The van der Waals surface area contributed by atoms with Crippen molar-refractivity contribution in [2.75, 3.05) is 0 Å². The van der Waals surface area contributed by atoms with Crippen molar-refractivity contribution >= 4 is 43.7 Å². The van der Waals surface area contributed by atoms with Crippen molar-refractivity contribution in [2.45, 2.75) is 0 Å². The number of rotatable bonds is 2. The van der Waals surface area contributed by atoms with Gasteiger partial charge in [0.1, 0.15) is 22.6 Å². The van der Waals surface area contributed by atoms with Crippen LogP contribution in [0.15, 0.2) is 106 Å². The van der Waals surface area contributed by atoms with Gasteiger partial charge in [-0.05, 0) is 30.3 Å². The lowest BCUT2D eigenvalue weighted by Crippen LogP contribution is -1.78. The molecule has 0 saturated heterocycles. The quantitative estimate of drug-likeness (QED) is 0.293. The fraction of sp³-hybridized carbons (Fsp3) is 0. The summed E-state index contributed by atoms with van der Waals surface area (Å²) in [6.45, 7) is 0. The van der Waals surface area contributed by atoms with E-state index < -0.39 is 0 Å². The second-order valence-electron chi connectivity index (χ2n) is 7.92. The van der Waals surface area contributed by atoms with Crippen LogP contribution in [0.4, 0.5) is 0 Å². The highest BCUT2D eigenvalue weighted by molar-refractivity contribution is 6.04. The third-order valence-electron chi connectivity index (χ3n) is 5.95. The second kappa shape index (κ2) is 6.53. The highest BCUT2D eigenvalue weighted by atomic mass is 16.3. The number of hydrogen-bond acceptors (Lipinski definition) is 4. The van der Waals surface area contributed by atoms with Gasteiger partial charge in [-0.25, -0.2) is 0 Å². The largest absolute Gasteiger partial charge is 0.454 e. The summed E-state index contributed by atoms with van der Waals surface area (Å²) in [5.41, 5.74) is 5.36. The highest BCUT2D eigenvalue weighted by Gasteiger charge is 2.13. The summed E-state index contributed by atoms with van der Waals surface area (Å²) >= 11 is 0. The molecule has 4 aromatic heterocycles. The van der Waals surface area contributed by atoms with Crippen molar-refractivity contribution in [2.24, 2.45) is 0 Å². The van der Waals surface area contributed by atoms with Gasteiger partial charge in [0.15, 0.2) is 11.2 Å². The first-order valence-electron chi connectivity index (χ1n) is 10.5. The molecule has 0 atom stereocenters. The Balaban J connectivity index is 1.37. The minimum atomic E-state index is 0.809. The molecule has 0 bridgehead atoms. The van der Waals surface area contributed by atoms with Crippen LogP contribution >= 0.6 is 0 Å². The Kier molecular flexibility index (Phi) is 3.52. The average molecular weight is 412 g/mol. The first-order valence-corrected chi connectivity index (χ1v) is 10.5. The third kappa shape index (κ3) is 2.56. The highest BCUT2D eigenvalue weighted by Crippen LogP contribution is 2.36. The average Bonchev–Trinajstić information content (AvgIpc) is 3.49. The van der Waals surface area contributed by atoms with Gasteiger partial charge in [0.2, 0.25) is 0 Å². The number of benzene rings is 3. The van der Waals surface area contributed by atoms with E-state index in [0.29, 0.717) is 0 Å². The molecule has 32 heavy (non-hydrogen) atoms. The molecule has 150 valence electrons. The number of nitrogens with zero attached hydrogens (tertiary/aromatic N) is 2. The molecule has 0 aliphatic rings. The van der Waals surface area contributed by atoms with E-state index in [9.17, 15) is 0 Å². The SMILES string of the molecule is c1cc(-c2cc3ccc4cccnc4c3o2)cc(-c2cc3ccc4cccnc4c3o2)c1. The maximum atomic E-state index is 6.27. The Bertz CT molecular complexity index is 1660. The van der Waals surface area contributed by atoms with Crippen molar-refractivity contribution in [3.8, 4) is 22.6 Å². The number of aromatic nitrogens is 2. The normalized spacial score (nSPS) is 11.8. The molecule has 0 saturated carbocycles. The van der Waals surface area contributed by atoms with Crippen LogP contribution in [0.25, 0.3) is 66.4 Å². The van der Waals surface area contributed by atoms with Gasteiger partial charge in [0, 0.05) is 45.1 Å². The second-order valence-corrected chi connectivity index (χ2v) is 7.92. The molecule has 4 heterocycles. The van der Waals surface area contributed by atoms with E-state index in [-0.39, 0.29) is 0 Å². The lowest BCUT2D eigenvalue weighted by molar-refractivity contribution is 0.631. The molecule has 4 heteroatoms. The van der Waals surface area contributed by atoms with Crippen molar-refractivity contribution in [1.29, 1.82) is 0 Å². The minimum absolute atomic E-state index is 0.809. The summed E-state index contributed by atoms with van der Waals surface area (Å²) in [7, 11) is 0. The molecule has 0 unspecified atom stereocenters. The van der Waals surface area contributed by atoms with Gasteiger partial charge in [-0.3, -0.25) is 9.97 Å².